The number of amides is 5. The van der Waals surface area contributed by atoms with Crippen molar-refractivity contribution in [1.29, 1.82) is 0 Å². The topological polar surface area (TPSA) is 189 Å². The summed E-state index contributed by atoms with van der Waals surface area (Å²) >= 11 is 0. The maximum absolute atomic E-state index is 14.6. The molecule has 1 aromatic heterocycles. The van der Waals surface area contributed by atoms with Crippen LogP contribution >= 0.6 is 0 Å². The van der Waals surface area contributed by atoms with Crippen LogP contribution in [0.5, 0.6) is 0 Å². The van der Waals surface area contributed by atoms with E-state index in [1.807, 2.05) is 102 Å². The van der Waals surface area contributed by atoms with Gasteiger partial charge in [0.15, 0.2) is 0 Å². The number of H-pyrrole nitrogens is 1. The zero-order chi connectivity index (χ0) is 51.3. The summed E-state index contributed by atoms with van der Waals surface area (Å²) in [5, 5.41) is 6.87. The number of nitrogens with zero attached hydrogens (tertiary/aromatic N) is 3. The van der Waals surface area contributed by atoms with Crippen LogP contribution in [0.15, 0.2) is 60.8 Å². The van der Waals surface area contributed by atoms with Crippen molar-refractivity contribution in [2.45, 2.75) is 156 Å². The van der Waals surface area contributed by atoms with Gasteiger partial charge in [-0.2, -0.15) is 0 Å². The summed E-state index contributed by atoms with van der Waals surface area (Å²) in [6.07, 6.45) is 1.78. The SMILES string of the molecule is CC[C@H](C)[C@@H]([C@@H](CC(=O)N1CCC[C@H]1[C@H](OC)[C@@H](C)C(=O)N[C@@H](Cc1c[nH]c2ccccc12)C(=O)OCc1ccccc1)OC)N(C)C(=O)[C@@H](NC(=O)[C@H](C(C)C)N(C)C(=O)OC(C)(C)C)C(C)C. The molecule has 4 rings (SSSR count). The molecule has 1 saturated heterocycles. The van der Waals surface area contributed by atoms with Crippen LogP contribution in [-0.4, -0.2) is 138 Å². The fourth-order valence-corrected chi connectivity index (χ4v) is 9.50. The highest BCUT2D eigenvalue weighted by atomic mass is 16.6. The first-order chi connectivity index (χ1) is 32.5. The van der Waals surface area contributed by atoms with Crippen LogP contribution in [-0.2, 0) is 55.9 Å². The van der Waals surface area contributed by atoms with E-state index in [4.69, 9.17) is 18.9 Å². The number of nitrogens with one attached hydrogen (secondary N) is 3. The number of ether oxygens (including phenoxy) is 4. The molecule has 1 fully saturated rings. The number of para-hydroxylation sites is 1. The van der Waals surface area contributed by atoms with Crippen molar-refractivity contribution < 1.29 is 47.7 Å². The Morgan fingerprint density at radius 1 is 0.841 bits per heavy atom. The lowest BCUT2D eigenvalue weighted by Crippen LogP contribution is -2.60. The molecule has 0 aliphatic carbocycles. The molecule has 0 unspecified atom stereocenters. The van der Waals surface area contributed by atoms with Crippen molar-refractivity contribution in [2.24, 2.45) is 23.7 Å². The molecule has 0 spiro atoms. The number of carbonyl (C=O) groups is 6. The molecule has 1 aliphatic rings. The molecule has 2 heterocycles. The van der Waals surface area contributed by atoms with E-state index in [9.17, 15) is 28.8 Å². The van der Waals surface area contributed by atoms with Crippen molar-refractivity contribution in [3.05, 3.63) is 71.9 Å². The lowest BCUT2D eigenvalue weighted by atomic mass is 9.89. The summed E-state index contributed by atoms with van der Waals surface area (Å²) < 4.78 is 23.5. The van der Waals surface area contributed by atoms with Gasteiger partial charge < -0.3 is 44.4 Å². The van der Waals surface area contributed by atoms with Gasteiger partial charge in [-0.05, 0) is 68.6 Å². The molecule has 3 aromatic rings. The predicted molar refractivity (Wildman–Crippen MR) is 266 cm³/mol. The maximum atomic E-state index is 14.6. The van der Waals surface area contributed by atoms with Crippen LogP contribution in [0.4, 0.5) is 4.79 Å². The lowest BCUT2D eigenvalue weighted by molar-refractivity contribution is -0.151. The van der Waals surface area contributed by atoms with E-state index in [0.29, 0.717) is 25.8 Å². The van der Waals surface area contributed by atoms with E-state index in [0.717, 1.165) is 22.0 Å². The third kappa shape index (κ3) is 14.8. The number of benzene rings is 2. The fraction of sp³-hybridized carbons (Fsp3) is 0.623. The van der Waals surface area contributed by atoms with Gasteiger partial charge in [0, 0.05) is 58.4 Å². The van der Waals surface area contributed by atoms with Crippen molar-refractivity contribution in [3.63, 3.8) is 0 Å². The molecule has 5 amide bonds. The summed E-state index contributed by atoms with van der Waals surface area (Å²) in [6, 6.07) is 13.2. The Labute approximate surface area is 409 Å². The summed E-state index contributed by atoms with van der Waals surface area (Å²) in [6.45, 7) is 18.8. The zero-order valence-electron chi connectivity index (χ0n) is 43.5. The molecule has 0 saturated carbocycles. The van der Waals surface area contributed by atoms with Crippen LogP contribution in [0.2, 0.25) is 0 Å². The Morgan fingerprint density at radius 2 is 1.49 bits per heavy atom. The molecule has 1 aliphatic heterocycles. The normalized spacial score (nSPS) is 17.6. The quantitative estimate of drug-likeness (QED) is 0.0845. The third-order valence-corrected chi connectivity index (χ3v) is 13.4. The number of fused-ring (bicyclic) bond motifs is 1. The van der Waals surface area contributed by atoms with Gasteiger partial charge in [-0.1, -0.05) is 103 Å². The van der Waals surface area contributed by atoms with Gasteiger partial charge in [-0.3, -0.25) is 24.1 Å². The first-order valence-electron chi connectivity index (χ1n) is 24.5. The maximum Gasteiger partial charge on any atom is 0.410 e. The second-order valence-corrected chi connectivity index (χ2v) is 20.3. The second-order valence-electron chi connectivity index (χ2n) is 20.3. The van der Waals surface area contributed by atoms with E-state index in [1.54, 1.807) is 44.5 Å². The number of hydrogen-bond acceptors (Lipinski definition) is 10. The molecule has 69 heavy (non-hydrogen) atoms. The van der Waals surface area contributed by atoms with Crippen LogP contribution < -0.4 is 10.6 Å². The molecule has 0 bridgehead atoms. The van der Waals surface area contributed by atoms with Gasteiger partial charge in [-0.25, -0.2) is 9.59 Å². The molecule has 382 valence electrons. The van der Waals surface area contributed by atoms with Gasteiger partial charge in [0.25, 0.3) is 0 Å². The lowest BCUT2D eigenvalue weighted by Gasteiger charge is -2.41. The van der Waals surface area contributed by atoms with Gasteiger partial charge in [-0.15, -0.1) is 0 Å². The monoisotopic (exact) mass is 961 g/mol. The van der Waals surface area contributed by atoms with Crippen LogP contribution in [0.1, 0.15) is 106 Å². The molecule has 0 radical (unpaired) electrons. The van der Waals surface area contributed by atoms with Crippen LogP contribution in [0.25, 0.3) is 10.9 Å². The van der Waals surface area contributed by atoms with Crippen LogP contribution in [0.3, 0.4) is 0 Å². The summed E-state index contributed by atoms with van der Waals surface area (Å²) in [5.74, 6) is -3.58. The van der Waals surface area contributed by atoms with Crippen molar-refractivity contribution in [1.82, 2.24) is 30.3 Å². The smallest absolute Gasteiger partial charge is 0.410 e. The number of methoxy groups -OCH3 is 2. The van der Waals surface area contributed by atoms with Gasteiger partial charge in [0.1, 0.15) is 30.3 Å². The summed E-state index contributed by atoms with van der Waals surface area (Å²) in [7, 11) is 6.23. The molecule has 2 aromatic carbocycles. The van der Waals surface area contributed by atoms with Crippen molar-refractivity contribution in [2.75, 3.05) is 34.9 Å². The minimum atomic E-state index is -1.01. The average Bonchev–Trinajstić information content (AvgIpc) is 3.96. The molecule has 16 nitrogen and oxygen atoms in total. The largest absolute Gasteiger partial charge is 0.459 e. The molecular formula is C53H80N6O10. The number of aromatic nitrogens is 1. The summed E-state index contributed by atoms with van der Waals surface area (Å²) in [5.41, 5.74) is 1.80. The fourth-order valence-electron chi connectivity index (χ4n) is 9.50. The highest BCUT2D eigenvalue weighted by molar-refractivity contribution is 5.92. The zero-order valence-corrected chi connectivity index (χ0v) is 43.5. The highest BCUT2D eigenvalue weighted by Crippen LogP contribution is 2.30. The molecule has 3 N–H and O–H groups in total. The molecule has 9 atom stereocenters. The van der Waals surface area contributed by atoms with E-state index < -0.39 is 77.8 Å². The number of likely N-dealkylation sites (tertiary alicyclic amines) is 1. The number of rotatable bonds is 23. The van der Waals surface area contributed by atoms with E-state index >= 15 is 0 Å². The standard InChI is InChI=1S/C53H80N6O10/c1-15-34(6)46(57(11)50(63)44(32(2)3)56-49(62)45(33(4)5)58(12)52(65)69-53(8,9)10)42(66-13)29-43(60)59-27-21-26-41(59)47(67-14)35(7)48(61)55-40(51(64)68-31-36-22-17-16-18-23-36)28-37-30-54-39-25-20-19-24-38(37)39/h16-20,22-25,30,32-35,40-42,44-47,54H,15,21,26-29,31H2,1-14H3,(H,55,61)(H,56,62)/t34-,35+,40-,41-,42+,44-,45-,46-,47+/m0/s1. The Kier molecular flexibility index (Phi) is 20.7. The second kappa shape index (κ2) is 25.4. The minimum absolute atomic E-state index is 0.0441. The Morgan fingerprint density at radius 3 is 2.09 bits per heavy atom. The minimum Gasteiger partial charge on any atom is -0.459 e. The van der Waals surface area contributed by atoms with Crippen molar-refractivity contribution >= 4 is 46.6 Å². The number of likely N-dealkylation sites (N-methyl/N-ethyl adjacent to an activating group) is 2. The first kappa shape index (κ1) is 56.1. The molecule has 16 heteroatoms. The summed E-state index contributed by atoms with van der Waals surface area (Å²) in [4.78, 5) is 92.0. The average molecular weight is 961 g/mol. The number of hydrogen-bond donors (Lipinski definition) is 3. The Bertz CT molecular complexity index is 2170. The van der Waals surface area contributed by atoms with Crippen molar-refractivity contribution in [3.8, 4) is 0 Å². The number of aromatic amines is 1. The Balaban J connectivity index is 1.51. The number of esters is 1. The van der Waals surface area contributed by atoms with Gasteiger partial charge >= 0.3 is 12.1 Å². The molecular weight excluding hydrogens is 881 g/mol. The highest BCUT2D eigenvalue weighted by Gasteiger charge is 2.44. The predicted octanol–water partition coefficient (Wildman–Crippen LogP) is 6.89. The van der Waals surface area contributed by atoms with Gasteiger partial charge in [0.05, 0.1) is 36.6 Å². The first-order valence-corrected chi connectivity index (χ1v) is 24.5. The van der Waals surface area contributed by atoms with E-state index in [1.165, 1.54) is 26.2 Å². The van der Waals surface area contributed by atoms with E-state index in [2.05, 4.69) is 15.6 Å². The Hall–Kier alpha value is -5.48. The van der Waals surface area contributed by atoms with E-state index in [-0.39, 0.29) is 49.0 Å². The third-order valence-electron chi connectivity index (χ3n) is 13.4. The van der Waals surface area contributed by atoms with Crippen LogP contribution in [0, 0.1) is 23.7 Å². The van der Waals surface area contributed by atoms with Gasteiger partial charge in [0.2, 0.25) is 23.6 Å². The number of carbonyl (C=O) groups excluding carboxylic acids is 6.